The van der Waals surface area contributed by atoms with Gasteiger partial charge in [-0.05, 0) is 37.3 Å². The highest BCUT2D eigenvalue weighted by Gasteiger charge is 2.25. The fourth-order valence-electron chi connectivity index (χ4n) is 2.09. The highest BCUT2D eigenvalue weighted by molar-refractivity contribution is 5.31. The Bertz CT molecular complexity index is 517. The van der Waals surface area contributed by atoms with Gasteiger partial charge < -0.3 is 9.64 Å². The van der Waals surface area contributed by atoms with E-state index in [2.05, 4.69) is 22.0 Å². The number of ether oxygens (including phenoxy) is 1. The molecule has 3 rings (SSSR count). The molecule has 0 fully saturated rings. The quantitative estimate of drug-likeness (QED) is 0.736. The molecule has 3 heteroatoms. The van der Waals surface area contributed by atoms with Crippen LogP contribution >= 0.6 is 0 Å². The third kappa shape index (κ3) is 1.89. The molecule has 0 radical (unpaired) electrons. The molecule has 1 atom stereocenters. The third-order valence-corrected chi connectivity index (χ3v) is 2.89. The summed E-state index contributed by atoms with van der Waals surface area (Å²) in [6.45, 7) is 2.62. The second-order valence-electron chi connectivity index (χ2n) is 4.13. The first-order valence-electron chi connectivity index (χ1n) is 5.73. The topological polar surface area (TPSA) is 25.4 Å². The fourth-order valence-corrected chi connectivity index (χ4v) is 2.09. The lowest BCUT2D eigenvalue weighted by Gasteiger charge is -2.35. The van der Waals surface area contributed by atoms with Crippen LogP contribution in [0.2, 0.25) is 0 Å². The number of aromatic nitrogens is 1. The average molecular weight is 226 g/mol. The van der Waals surface area contributed by atoms with Crippen LogP contribution in [-0.4, -0.2) is 16.5 Å². The molecule has 2 aliphatic heterocycles. The van der Waals surface area contributed by atoms with Crippen molar-refractivity contribution < 1.29 is 4.74 Å². The van der Waals surface area contributed by atoms with Gasteiger partial charge in [-0.2, -0.15) is 0 Å². The van der Waals surface area contributed by atoms with Gasteiger partial charge in [0, 0.05) is 17.6 Å². The van der Waals surface area contributed by atoms with Crippen LogP contribution in [0.3, 0.4) is 0 Å². The van der Waals surface area contributed by atoms with E-state index in [-0.39, 0.29) is 6.23 Å². The smallest absolute Gasteiger partial charge is 0.177 e. The number of aryl methyl sites for hydroxylation is 1. The molecule has 0 bridgehead atoms. The Hall–Kier alpha value is -1.87. The fraction of sp³-hybridized carbons (Fsp3) is 0.214. The molecule has 0 saturated heterocycles. The van der Waals surface area contributed by atoms with Gasteiger partial charge in [0.05, 0.1) is 12.3 Å². The number of pyridine rings is 1. The lowest BCUT2D eigenvalue weighted by Crippen LogP contribution is -2.30. The maximum absolute atomic E-state index is 5.79. The molecule has 1 aromatic rings. The SMILES string of the molecule is Cc1cccc([C@H]2OCC=C3C=CC=CN32)n1. The molecular formula is C14H14N2O. The van der Waals surface area contributed by atoms with E-state index in [1.54, 1.807) is 0 Å². The van der Waals surface area contributed by atoms with Crippen molar-refractivity contribution in [1.29, 1.82) is 0 Å². The highest BCUT2D eigenvalue weighted by Crippen LogP contribution is 2.30. The number of rotatable bonds is 1. The molecule has 0 aliphatic carbocycles. The van der Waals surface area contributed by atoms with Gasteiger partial charge in [-0.1, -0.05) is 12.1 Å². The van der Waals surface area contributed by atoms with Crippen molar-refractivity contribution >= 4 is 0 Å². The summed E-state index contributed by atoms with van der Waals surface area (Å²) in [6, 6.07) is 6.02. The van der Waals surface area contributed by atoms with Gasteiger partial charge in [0.15, 0.2) is 6.23 Å². The molecule has 0 amide bonds. The third-order valence-electron chi connectivity index (χ3n) is 2.89. The van der Waals surface area contributed by atoms with Crippen molar-refractivity contribution in [1.82, 2.24) is 9.88 Å². The van der Waals surface area contributed by atoms with Crippen molar-refractivity contribution in [3.63, 3.8) is 0 Å². The summed E-state index contributed by atoms with van der Waals surface area (Å²) < 4.78 is 5.79. The molecule has 86 valence electrons. The Balaban J connectivity index is 1.96. The minimum atomic E-state index is -0.115. The Labute approximate surface area is 101 Å². The molecule has 0 saturated carbocycles. The lowest BCUT2D eigenvalue weighted by atomic mass is 10.2. The van der Waals surface area contributed by atoms with Crippen LogP contribution < -0.4 is 0 Å². The van der Waals surface area contributed by atoms with E-state index in [9.17, 15) is 0 Å². The van der Waals surface area contributed by atoms with Crippen molar-refractivity contribution in [2.24, 2.45) is 0 Å². The molecule has 0 N–H and O–H groups in total. The highest BCUT2D eigenvalue weighted by atomic mass is 16.5. The zero-order valence-corrected chi connectivity index (χ0v) is 9.71. The summed E-state index contributed by atoms with van der Waals surface area (Å²) in [5, 5.41) is 0. The normalized spacial score (nSPS) is 22.3. The molecule has 3 heterocycles. The van der Waals surface area contributed by atoms with Crippen LogP contribution in [-0.2, 0) is 4.74 Å². The Kier molecular flexibility index (Phi) is 2.53. The predicted octanol–water partition coefficient (Wildman–Crippen LogP) is 2.69. The largest absolute Gasteiger partial charge is 0.348 e. The van der Waals surface area contributed by atoms with Crippen LogP contribution in [0.5, 0.6) is 0 Å². The van der Waals surface area contributed by atoms with Crippen molar-refractivity contribution in [2.45, 2.75) is 13.2 Å². The summed E-state index contributed by atoms with van der Waals surface area (Å²) in [5.74, 6) is 0. The van der Waals surface area contributed by atoms with E-state index in [0.29, 0.717) is 6.61 Å². The average Bonchev–Trinajstić information content (AvgIpc) is 2.38. The summed E-state index contributed by atoms with van der Waals surface area (Å²) in [7, 11) is 0. The Morgan fingerprint density at radius 1 is 1.35 bits per heavy atom. The zero-order valence-electron chi connectivity index (χ0n) is 9.71. The van der Waals surface area contributed by atoms with Gasteiger partial charge >= 0.3 is 0 Å². The van der Waals surface area contributed by atoms with E-state index in [1.807, 2.05) is 43.5 Å². The van der Waals surface area contributed by atoms with Crippen LogP contribution in [0.15, 0.2) is 54.4 Å². The molecule has 17 heavy (non-hydrogen) atoms. The summed E-state index contributed by atoms with van der Waals surface area (Å²) in [5.41, 5.74) is 3.14. The van der Waals surface area contributed by atoms with Gasteiger partial charge in [-0.25, -0.2) is 0 Å². The van der Waals surface area contributed by atoms with Crippen molar-refractivity contribution in [2.75, 3.05) is 6.61 Å². The molecule has 0 unspecified atom stereocenters. The minimum Gasteiger partial charge on any atom is -0.348 e. The van der Waals surface area contributed by atoms with Gasteiger partial charge in [-0.3, -0.25) is 4.98 Å². The van der Waals surface area contributed by atoms with Crippen molar-refractivity contribution in [3.8, 4) is 0 Å². The molecule has 0 aromatic carbocycles. The van der Waals surface area contributed by atoms with E-state index >= 15 is 0 Å². The molecule has 1 aromatic heterocycles. The number of allylic oxidation sites excluding steroid dienone is 3. The van der Waals surface area contributed by atoms with Gasteiger partial charge in [0.2, 0.25) is 0 Å². The van der Waals surface area contributed by atoms with Gasteiger partial charge in [0.1, 0.15) is 0 Å². The standard InChI is InChI=1S/C14H14N2O/c1-11-5-4-7-13(15-11)14-16-9-3-2-6-12(16)8-10-17-14/h2-9,14H,10H2,1H3/t14-/m1/s1. The van der Waals surface area contributed by atoms with Crippen LogP contribution in [0.4, 0.5) is 0 Å². The maximum atomic E-state index is 5.79. The molecule has 2 aliphatic rings. The summed E-state index contributed by atoms with van der Waals surface area (Å²) in [6.07, 6.45) is 10.1. The first kappa shape index (κ1) is 10.3. The first-order chi connectivity index (χ1) is 8.34. The number of hydrogen-bond acceptors (Lipinski definition) is 3. The van der Waals surface area contributed by atoms with E-state index in [1.165, 1.54) is 5.70 Å². The monoisotopic (exact) mass is 226 g/mol. The summed E-state index contributed by atoms with van der Waals surface area (Å²) >= 11 is 0. The Morgan fingerprint density at radius 3 is 3.18 bits per heavy atom. The predicted molar refractivity (Wildman–Crippen MR) is 65.9 cm³/mol. The number of fused-ring (bicyclic) bond motifs is 1. The Morgan fingerprint density at radius 2 is 2.29 bits per heavy atom. The van der Waals surface area contributed by atoms with Crippen LogP contribution in [0.25, 0.3) is 0 Å². The van der Waals surface area contributed by atoms with Gasteiger partial charge in [-0.15, -0.1) is 0 Å². The zero-order chi connectivity index (χ0) is 11.7. The maximum Gasteiger partial charge on any atom is 0.177 e. The first-order valence-corrected chi connectivity index (χ1v) is 5.73. The van der Waals surface area contributed by atoms with E-state index in [4.69, 9.17) is 4.74 Å². The number of nitrogens with zero attached hydrogens (tertiary/aromatic N) is 2. The molecule has 0 spiro atoms. The van der Waals surface area contributed by atoms with Crippen molar-refractivity contribution in [3.05, 3.63) is 65.8 Å². The second-order valence-corrected chi connectivity index (χ2v) is 4.13. The molecule has 3 nitrogen and oxygen atoms in total. The number of hydrogen-bond donors (Lipinski definition) is 0. The molecular weight excluding hydrogens is 212 g/mol. The van der Waals surface area contributed by atoms with Crippen LogP contribution in [0.1, 0.15) is 17.6 Å². The summed E-state index contributed by atoms with van der Waals surface area (Å²) in [4.78, 5) is 6.64. The van der Waals surface area contributed by atoms with Gasteiger partial charge in [0.25, 0.3) is 0 Å². The van der Waals surface area contributed by atoms with E-state index in [0.717, 1.165) is 11.4 Å². The van der Waals surface area contributed by atoms with E-state index < -0.39 is 0 Å². The lowest BCUT2D eigenvalue weighted by molar-refractivity contribution is -0.0258. The van der Waals surface area contributed by atoms with Crippen LogP contribution in [0, 0.1) is 6.92 Å². The minimum absolute atomic E-state index is 0.115. The second kappa shape index (κ2) is 4.18.